The maximum atomic E-state index is 9.59. The van der Waals surface area contributed by atoms with Crippen molar-refractivity contribution in [1.29, 1.82) is 5.26 Å². The second kappa shape index (κ2) is 9.08. The Kier molecular flexibility index (Phi) is 6.07. The fraction of sp³-hybridized carbons (Fsp3) is 0.273. The number of piperazine rings is 1. The van der Waals surface area contributed by atoms with E-state index in [0.29, 0.717) is 28.8 Å². The maximum Gasteiger partial charge on any atom is 0.168 e. The van der Waals surface area contributed by atoms with E-state index in [1.807, 2.05) is 12.1 Å². The Balaban J connectivity index is 1.39. The number of nitrogens with one attached hydrogen (secondary N) is 3. The van der Waals surface area contributed by atoms with Gasteiger partial charge in [-0.3, -0.25) is 5.10 Å². The Hall–Kier alpha value is -3.21. The number of halogens is 1. The summed E-state index contributed by atoms with van der Waals surface area (Å²) in [6.45, 7) is 4.86. The van der Waals surface area contributed by atoms with Crippen molar-refractivity contribution in [3.63, 3.8) is 0 Å². The number of rotatable bonds is 6. The molecule has 30 heavy (non-hydrogen) atoms. The van der Waals surface area contributed by atoms with Gasteiger partial charge in [0.1, 0.15) is 17.5 Å². The number of nitriles is 1. The van der Waals surface area contributed by atoms with E-state index in [1.165, 1.54) is 5.69 Å². The minimum absolute atomic E-state index is 0.434. The molecule has 8 heteroatoms. The number of likely N-dealkylation sites (N-methyl/N-ethyl adjacent to an activating group) is 1. The van der Waals surface area contributed by atoms with Crippen LogP contribution in [-0.2, 0) is 6.54 Å². The second-order valence-corrected chi connectivity index (χ2v) is 7.82. The molecule has 4 rings (SSSR count). The van der Waals surface area contributed by atoms with Gasteiger partial charge in [-0.1, -0.05) is 29.8 Å². The average molecular weight is 422 g/mol. The van der Waals surface area contributed by atoms with Crippen LogP contribution in [0, 0.1) is 11.3 Å². The maximum absolute atomic E-state index is 9.59. The van der Waals surface area contributed by atoms with E-state index in [1.54, 1.807) is 12.1 Å². The molecule has 0 bridgehead atoms. The number of aromatic nitrogens is 2. The summed E-state index contributed by atoms with van der Waals surface area (Å²) < 4.78 is 0. The molecule has 1 saturated heterocycles. The molecule has 7 nitrogen and oxygen atoms in total. The lowest BCUT2D eigenvalue weighted by atomic mass is 10.1. The highest BCUT2D eigenvalue weighted by Crippen LogP contribution is 2.26. The van der Waals surface area contributed by atoms with Crippen LogP contribution in [0.5, 0.6) is 0 Å². The van der Waals surface area contributed by atoms with Crippen molar-refractivity contribution in [3.05, 3.63) is 64.7 Å². The standard InChI is InChI=1S/C22H24ClN7/c1-29-9-11-30(12-10-29)19-7-5-16(6-8-19)15-25-21-20(14-24)22(28-27-21)26-18-4-2-3-17(23)13-18/h2-8,13H,9-12,15H2,1H3,(H3,25,26,27,28). The van der Waals surface area contributed by atoms with Gasteiger partial charge in [-0.05, 0) is 42.9 Å². The largest absolute Gasteiger partial charge is 0.369 e. The summed E-state index contributed by atoms with van der Waals surface area (Å²) in [5.74, 6) is 1.05. The molecule has 0 spiro atoms. The fourth-order valence-electron chi connectivity index (χ4n) is 3.45. The van der Waals surface area contributed by atoms with Crippen LogP contribution in [0.1, 0.15) is 11.1 Å². The predicted molar refractivity (Wildman–Crippen MR) is 122 cm³/mol. The highest BCUT2D eigenvalue weighted by Gasteiger charge is 2.15. The third-order valence-corrected chi connectivity index (χ3v) is 5.47. The van der Waals surface area contributed by atoms with E-state index in [2.05, 4.69) is 68.0 Å². The van der Waals surface area contributed by atoms with E-state index in [9.17, 15) is 5.26 Å². The van der Waals surface area contributed by atoms with Crippen molar-refractivity contribution >= 4 is 34.6 Å². The lowest BCUT2D eigenvalue weighted by Crippen LogP contribution is -2.44. The molecule has 1 fully saturated rings. The molecule has 0 unspecified atom stereocenters. The lowest BCUT2D eigenvalue weighted by Gasteiger charge is -2.34. The Labute approximate surface area is 181 Å². The third kappa shape index (κ3) is 4.67. The Morgan fingerprint density at radius 3 is 2.60 bits per heavy atom. The average Bonchev–Trinajstić information content (AvgIpc) is 3.14. The van der Waals surface area contributed by atoms with Crippen LogP contribution in [-0.4, -0.2) is 48.3 Å². The molecule has 3 N–H and O–H groups in total. The van der Waals surface area contributed by atoms with E-state index < -0.39 is 0 Å². The van der Waals surface area contributed by atoms with Gasteiger partial charge in [-0.15, -0.1) is 0 Å². The van der Waals surface area contributed by atoms with Gasteiger partial charge in [-0.25, -0.2) is 0 Å². The Morgan fingerprint density at radius 1 is 1.13 bits per heavy atom. The molecule has 1 aromatic heterocycles. The van der Waals surface area contributed by atoms with Gasteiger partial charge < -0.3 is 20.4 Å². The number of benzene rings is 2. The van der Waals surface area contributed by atoms with Crippen LogP contribution in [0.4, 0.5) is 23.0 Å². The number of nitrogens with zero attached hydrogens (tertiary/aromatic N) is 4. The van der Waals surface area contributed by atoms with Crippen LogP contribution in [0.3, 0.4) is 0 Å². The summed E-state index contributed by atoms with van der Waals surface area (Å²) in [5, 5.41) is 23.8. The van der Waals surface area contributed by atoms with E-state index in [-0.39, 0.29) is 0 Å². The van der Waals surface area contributed by atoms with Gasteiger partial charge in [0.15, 0.2) is 5.82 Å². The van der Waals surface area contributed by atoms with E-state index in [0.717, 1.165) is 37.4 Å². The monoisotopic (exact) mass is 421 g/mol. The summed E-state index contributed by atoms with van der Waals surface area (Å²) in [6, 6.07) is 18.1. The molecular weight excluding hydrogens is 398 g/mol. The Bertz CT molecular complexity index is 1030. The summed E-state index contributed by atoms with van der Waals surface area (Å²) in [5.41, 5.74) is 3.60. The van der Waals surface area contributed by atoms with Gasteiger partial charge in [0, 0.05) is 49.1 Å². The minimum atomic E-state index is 0.434. The molecule has 0 radical (unpaired) electrons. The van der Waals surface area contributed by atoms with Crippen LogP contribution in [0.2, 0.25) is 5.02 Å². The molecule has 1 aliphatic heterocycles. The molecule has 1 aliphatic rings. The van der Waals surface area contributed by atoms with Crippen molar-refractivity contribution in [2.24, 2.45) is 0 Å². The van der Waals surface area contributed by atoms with Crippen LogP contribution < -0.4 is 15.5 Å². The summed E-state index contributed by atoms with van der Waals surface area (Å²) in [4.78, 5) is 4.76. The zero-order valence-corrected chi connectivity index (χ0v) is 17.6. The molecule has 2 aromatic carbocycles. The number of anilines is 4. The summed E-state index contributed by atoms with van der Waals surface area (Å²) >= 11 is 6.03. The molecule has 0 aliphatic carbocycles. The van der Waals surface area contributed by atoms with Crippen molar-refractivity contribution in [1.82, 2.24) is 15.1 Å². The summed E-state index contributed by atoms with van der Waals surface area (Å²) in [6.07, 6.45) is 0. The molecule has 2 heterocycles. The highest BCUT2D eigenvalue weighted by molar-refractivity contribution is 6.30. The zero-order chi connectivity index (χ0) is 20.9. The first-order valence-corrected chi connectivity index (χ1v) is 10.3. The first-order valence-electron chi connectivity index (χ1n) is 9.90. The van der Waals surface area contributed by atoms with Crippen molar-refractivity contribution < 1.29 is 0 Å². The SMILES string of the molecule is CN1CCN(c2ccc(CNc3n[nH]c(Nc4cccc(Cl)c4)c3C#N)cc2)CC1. The Morgan fingerprint density at radius 2 is 1.90 bits per heavy atom. The molecular formula is C22H24ClN7. The predicted octanol–water partition coefficient (Wildman–Crippen LogP) is 4.04. The molecule has 3 aromatic rings. The van der Waals surface area contributed by atoms with Gasteiger partial charge in [0.05, 0.1) is 0 Å². The zero-order valence-electron chi connectivity index (χ0n) is 16.8. The van der Waals surface area contributed by atoms with Gasteiger partial charge >= 0.3 is 0 Å². The molecule has 0 atom stereocenters. The van der Waals surface area contributed by atoms with Gasteiger partial charge in [-0.2, -0.15) is 10.4 Å². The normalized spacial score (nSPS) is 14.4. The topological polar surface area (TPSA) is 83.0 Å². The lowest BCUT2D eigenvalue weighted by molar-refractivity contribution is 0.313. The van der Waals surface area contributed by atoms with Crippen molar-refractivity contribution in [3.8, 4) is 6.07 Å². The first kappa shape index (κ1) is 20.1. The number of aromatic amines is 1. The van der Waals surface area contributed by atoms with Crippen molar-refractivity contribution in [2.75, 3.05) is 48.8 Å². The van der Waals surface area contributed by atoms with E-state index >= 15 is 0 Å². The number of H-pyrrole nitrogens is 1. The van der Waals surface area contributed by atoms with E-state index in [4.69, 9.17) is 11.6 Å². The van der Waals surface area contributed by atoms with Crippen molar-refractivity contribution in [2.45, 2.75) is 6.54 Å². The van der Waals surface area contributed by atoms with Crippen LogP contribution >= 0.6 is 11.6 Å². The summed E-state index contributed by atoms with van der Waals surface area (Å²) in [7, 11) is 2.16. The second-order valence-electron chi connectivity index (χ2n) is 7.38. The minimum Gasteiger partial charge on any atom is -0.369 e. The third-order valence-electron chi connectivity index (χ3n) is 5.24. The van der Waals surface area contributed by atoms with Gasteiger partial charge in [0.2, 0.25) is 0 Å². The molecule has 0 amide bonds. The number of hydrogen-bond acceptors (Lipinski definition) is 6. The first-order chi connectivity index (χ1) is 14.6. The molecule has 0 saturated carbocycles. The van der Waals surface area contributed by atoms with Crippen LogP contribution in [0.25, 0.3) is 0 Å². The number of hydrogen-bond donors (Lipinski definition) is 3. The van der Waals surface area contributed by atoms with Crippen LogP contribution in [0.15, 0.2) is 48.5 Å². The fourth-order valence-corrected chi connectivity index (χ4v) is 3.65. The molecule has 154 valence electrons. The quantitative estimate of drug-likeness (QED) is 0.557. The smallest absolute Gasteiger partial charge is 0.168 e. The van der Waals surface area contributed by atoms with Gasteiger partial charge in [0.25, 0.3) is 0 Å². The highest BCUT2D eigenvalue weighted by atomic mass is 35.5.